The summed E-state index contributed by atoms with van der Waals surface area (Å²) in [5.41, 5.74) is 1.55. The van der Waals surface area contributed by atoms with Crippen LogP contribution >= 0.6 is 11.8 Å². The number of carbonyl (C=O) groups excluding carboxylic acids is 1. The summed E-state index contributed by atoms with van der Waals surface area (Å²) in [6.45, 7) is 7.01. The summed E-state index contributed by atoms with van der Waals surface area (Å²) in [6.07, 6.45) is 1.62. The standard InChI is InChI=1S/C11H17N3OS/c1-7-10(6-12-13-7)11(15)14-4-5-16-9(3)8(14)2/h6,8-9H,4-5H2,1-3H3,(H,12,13). The maximum atomic E-state index is 12.3. The summed E-state index contributed by atoms with van der Waals surface area (Å²) in [6, 6.07) is 0.292. The van der Waals surface area contributed by atoms with Gasteiger partial charge in [0.15, 0.2) is 0 Å². The first-order chi connectivity index (χ1) is 7.61. The molecule has 2 unspecified atom stereocenters. The van der Waals surface area contributed by atoms with Gasteiger partial charge in [-0.15, -0.1) is 0 Å². The van der Waals surface area contributed by atoms with Crippen LogP contribution < -0.4 is 0 Å². The number of rotatable bonds is 1. The molecule has 0 radical (unpaired) electrons. The molecule has 0 bridgehead atoms. The van der Waals surface area contributed by atoms with Crippen molar-refractivity contribution in [1.82, 2.24) is 15.1 Å². The van der Waals surface area contributed by atoms with Crippen LogP contribution in [0.4, 0.5) is 0 Å². The second-order valence-corrected chi connectivity index (χ2v) is 5.71. The number of hydrogen-bond acceptors (Lipinski definition) is 3. The van der Waals surface area contributed by atoms with Gasteiger partial charge in [0.25, 0.3) is 5.91 Å². The highest BCUT2D eigenvalue weighted by Gasteiger charge is 2.30. The Morgan fingerprint density at radius 3 is 3.00 bits per heavy atom. The van der Waals surface area contributed by atoms with Gasteiger partial charge in [-0.05, 0) is 13.8 Å². The molecule has 88 valence electrons. The maximum absolute atomic E-state index is 12.3. The van der Waals surface area contributed by atoms with Crippen molar-refractivity contribution < 1.29 is 4.79 Å². The van der Waals surface area contributed by atoms with E-state index in [4.69, 9.17) is 0 Å². The lowest BCUT2D eigenvalue weighted by atomic mass is 10.1. The number of carbonyl (C=O) groups is 1. The van der Waals surface area contributed by atoms with Gasteiger partial charge in [-0.2, -0.15) is 16.9 Å². The molecule has 1 amide bonds. The van der Waals surface area contributed by atoms with Crippen LogP contribution in [-0.2, 0) is 0 Å². The van der Waals surface area contributed by atoms with Crippen molar-refractivity contribution in [3.63, 3.8) is 0 Å². The average Bonchev–Trinajstić information content (AvgIpc) is 2.68. The highest BCUT2D eigenvalue weighted by Crippen LogP contribution is 2.25. The molecule has 1 saturated heterocycles. The Morgan fingerprint density at radius 2 is 2.38 bits per heavy atom. The molecule has 1 N–H and O–H groups in total. The number of thioether (sulfide) groups is 1. The number of hydrogen-bond donors (Lipinski definition) is 1. The maximum Gasteiger partial charge on any atom is 0.257 e. The van der Waals surface area contributed by atoms with E-state index >= 15 is 0 Å². The molecular weight excluding hydrogens is 222 g/mol. The molecule has 1 aromatic heterocycles. The lowest BCUT2D eigenvalue weighted by Gasteiger charge is -2.37. The zero-order chi connectivity index (χ0) is 11.7. The van der Waals surface area contributed by atoms with Crippen molar-refractivity contribution >= 4 is 17.7 Å². The van der Waals surface area contributed by atoms with Gasteiger partial charge in [-0.1, -0.05) is 6.92 Å². The Balaban J connectivity index is 2.18. The SMILES string of the molecule is Cc1[nH]ncc1C(=O)N1CCSC(C)C1C. The number of amides is 1. The second-order valence-electron chi connectivity index (χ2n) is 4.22. The monoisotopic (exact) mass is 239 g/mol. The smallest absolute Gasteiger partial charge is 0.257 e. The van der Waals surface area contributed by atoms with E-state index in [1.165, 1.54) is 0 Å². The van der Waals surface area contributed by atoms with E-state index in [1.54, 1.807) is 6.20 Å². The van der Waals surface area contributed by atoms with Gasteiger partial charge in [-0.3, -0.25) is 9.89 Å². The molecular formula is C11H17N3OS. The number of nitrogens with one attached hydrogen (secondary N) is 1. The third-order valence-electron chi connectivity index (χ3n) is 3.21. The number of nitrogens with zero attached hydrogens (tertiary/aromatic N) is 2. The molecule has 1 aliphatic heterocycles. The third-order valence-corrected chi connectivity index (χ3v) is 4.54. The zero-order valence-corrected chi connectivity index (χ0v) is 10.7. The van der Waals surface area contributed by atoms with E-state index in [-0.39, 0.29) is 5.91 Å². The van der Waals surface area contributed by atoms with Crippen LogP contribution in [0.5, 0.6) is 0 Å². The van der Waals surface area contributed by atoms with E-state index in [0.29, 0.717) is 16.9 Å². The van der Waals surface area contributed by atoms with Crippen molar-refractivity contribution in [1.29, 1.82) is 0 Å². The van der Waals surface area contributed by atoms with Gasteiger partial charge in [-0.25, -0.2) is 0 Å². The van der Waals surface area contributed by atoms with E-state index in [1.807, 2.05) is 23.6 Å². The Bertz CT molecular complexity index is 390. The predicted octanol–water partition coefficient (Wildman–Crippen LogP) is 1.68. The van der Waals surface area contributed by atoms with Crippen molar-refractivity contribution in [2.75, 3.05) is 12.3 Å². The lowest BCUT2D eigenvalue weighted by Crippen LogP contribution is -2.48. The van der Waals surface area contributed by atoms with E-state index in [9.17, 15) is 4.79 Å². The van der Waals surface area contributed by atoms with Crippen molar-refractivity contribution in [2.24, 2.45) is 0 Å². The molecule has 2 atom stereocenters. The summed E-state index contributed by atoms with van der Waals surface area (Å²) in [5.74, 6) is 1.12. The van der Waals surface area contributed by atoms with Gasteiger partial charge in [0.2, 0.25) is 0 Å². The fraction of sp³-hybridized carbons (Fsp3) is 0.636. The minimum Gasteiger partial charge on any atom is -0.334 e. The Hall–Kier alpha value is -0.970. The van der Waals surface area contributed by atoms with Crippen LogP contribution in [0.25, 0.3) is 0 Å². The summed E-state index contributed by atoms with van der Waals surface area (Å²) in [5, 5.41) is 7.22. The largest absolute Gasteiger partial charge is 0.334 e. The molecule has 2 heterocycles. The zero-order valence-electron chi connectivity index (χ0n) is 9.86. The first kappa shape index (κ1) is 11.5. The molecule has 0 saturated carbocycles. The normalized spacial score (nSPS) is 25.8. The molecule has 0 aliphatic carbocycles. The van der Waals surface area contributed by atoms with Crippen LogP contribution in [0.15, 0.2) is 6.20 Å². The molecule has 0 aromatic carbocycles. The second kappa shape index (κ2) is 4.49. The first-order valence-electron chi connectivity index (χ1n) is 5.54. The molecule has 1 fully saturated rings. The first-order valence-corrected chi connectivity index (χ1v) is 6.58. The lowest BCUT2D eigenvalue weighted by molar-refractivity contribution is 0.0697. The van der Waals surface area contributed by atoms with Crippen molar-refractivity contribution in [2.45, 2.75) is 32.1 Å². The Labute approximate surface area is 99.8 Å². The van der Waals surface area contributed by atoms with Crippen LogP contribution in [0.3, 0.4) is 0 Å². The summed E-state index contributed by atoms with van der Waals surface area (Å²) < 4.78 is 0. The van der Waals surface area contributed by atoms with Crippen LogP contribution in [-0.4, -0.2) is 44.6 Å². The Kier molecular flexibility index (Phi) is 3.23. The molecule has 1 aliphatic rings. The summed E-state index contributed by atoms with van der Waals surface area (Å²) >= 11 is 1.93. The average molecular weight is 239 g/mol. The molecule has 5 heteroatoms. The van der Waals surface area contributed by atoms with Gasteiger partial charge in [0.1, 0.15) is 0 Å². The van der Waals surface area contributed by atoms with Gasteiger partial charge < -0.3 is 4.90 Å². The number of aromatic amines is 1. The number of aryl methyl sites for hydroxylation is 1. The fourth-order valence-electron chi connectivity index (χ4n) is 1.94. The minimum atomic E-state index is 0.103. The van der Waals surface area contributed by atoms with Gasteiger partial charge >= 0.3 is 0 Å². The third kappa shape index (κ3) is 1.96. The predicted molar refractivity (Wildman–Crippen MR) is 65.7 cm³/mol. The van der Waals surface area contributed by atoms with Crippen molar-refractivity contribution in [3.8, 4) is 0 Å². The summed E-state index contributed by atoms with van der Waals surface area (Å²) in [7, 11) is 0. The fourth-order valence-corrected chi connectivity index (χ4v) is 3.04. The Morgan fingerprint density at radius 1 is 1.62 bits per heavy atom. The number of aromatic nitrogens is 2. The van der Waals surface area contributed by atoms with Crippen LogP contribution in [0.2, 0.25) is 0 Å². The van der Waals surface area contributed by atoms with E-state index < -0.39 is 0 Å². The van der Waals surface area contributed by atoms with Crippen LogP contribution in [0.1, 0.15) is 29.9 Å². The molecule has 4 nitrogen and oxygen atoms in total. The van der Waals surface area contributed by atoms with E-state index in [2.05, 4.69) is 24.0 Å². The minimum absolute atomic E-state index is 0.103. The summed E-state index contributed by atoms with van der Waals surface area (Å²) in [4.78, 5) is 14.3. The molecule has 0 spiro atoms. The van der Waals surface area contributed by atoms with Gasteiger partial charge in [0.05, 0.1) is 11.8 Å². The van der Waals surface area contributed by atoms with Gasteiger partial charge in [0, 0.05) is 29.3 Å². The van der Waals surface area contributed by atoms with Crippen LogP contribution in [0, 0.1) is 6.92 Å². The molecule has 16 heavy (non-hydrogen) atoms. The van der Waals surface area contributed by atoms with Crippen molar-refractivity contribution in [3.05, 3.63) is 17.5 Å². The number of H-pyrrole nitrogens is 1. The van der Waals surface area contributed by atoms with E-state index in [0.717, 1.165) is 18.0 Å². The topological polar surface area (TPSA) is 49.0 Å². The highest BCUT2D eigenvalue weighted by atomic mass is 32.2. The molecule has 1 aromatic rings. The quantitative estimate of drug-likeness (QED) is 0.811. The molecule has 2 rings (SSSR count). The highest BCUT2D eigenvalue weighted by molar-refractivity contribution is 8.00.